The Morgan fingerprint density at radius 1 is 1.21 bits per heavy atom. The summed E-state index contributed by atoms with van der Waals surface area (Å²) in [5, 5.41) is 0. The number of allylic oxidation sites excluding steroid dienone is 4. The van der Waals surface area contributed by atoms with E-state index in [0.717, 1.165) is 12.1 Å². The van der Waals surface area contributed by atoms with Gasteiger partial charge in [-0.05, 0) is 43.2 Å². The molecule has 96 valence electrons. The minimum absolute atomic E-state index is 0.150. The molecular formula is C17H18N2. The SMILES string of the molecule is C[C@@](C1=CC=CC1)(c1cccc(N)c1)c1ccc[nH]1. The summed E-state index contributed by atoms with van der Waals surface area (Å²) in [6, 6.07) is 12.4. The molecule has 0 bridgehead atoms. The van der Waals surface area contributed by atoms with Crippen LogP contribution >= 0.6 is 0 Å². The van der Waals surface area contributed by atoms with Crippen LogP contribution in [0.1, 0.15) is 24.6 Å². The van der Waals surface area contributed by atoms with E-state index in [4.69, 9.17) is 5.73 Å². The van der Waals surface area contributed by atoms with E-state index in [1.54, 1.807) is 0 Å². The van der Waals surface area contributed by atoms with Crippen LogP contribution in [0.4, 0.5) is 5.69 Å². The Balaban J connectivity index is 2.17. The Morgan fingerprint density at radius 3 is 2.74 bits per heavy atom. The maximum Gasteiger partial charge on any atom is 0.0540 e. The molecule has 1 aliphatic carbocycles. The van der Waals surface area contributed by atoms with Crippen molar-refractivity contribution in [2.75, 3.05) is 5.73 Å². The fourth-order valence-electron chi connectivity index (χ4n) is 2.82. The first-order chi connectivity index (χ1) is 9.21. The first-order valence-corrected chi connectivity index (χ1v) is 6.57. The first-order valence-electron chi connectivity index (χ1n) is 6.57. The standard InChI is InChI=1S/C17H18N2/c1-17(13-6-2-3-7-13,16-10-5-11-19-16)14-8-4-9-15(18)12-14/h2-6,8-12,19H,7,18H2,1H3/t17-/m1/s1. The Kier molecular flexibility index (Phi) is 2.79. The van der Waals surface area contributed by atoms with Gasteiger partial charge in [-0.2, -0.15) is 0 Å². The van der Waals surface area contributed by atoms with Gasteiger partial charge in [0.1, 0.15) is 0 Å². The predicted octanol–water partition coefficient (Wildman–Crippen LogP) is 3.79. The summed E-state index contributed by atoms with van der Waals surface area (Å²) in [5.74, 6) is 0. The van der Waals surface area contributed by atoms with Crippen LogP contribution in [-0.2, 0) is 5.41 Å². The monoisotopic (exact) mass is 250 g/mol. The van der Waals surface area contributed by atoms with Crippen LogP contribution in [0.25, 0.3) is 0 Å². The number of rotatable bonds is 3. The molecule has 3 N–H and O–H groups in total. The van der Waals surface area contributed by atoms with Gasteiger partial charge in [0.25, 0.3) is 0 Å². The molecule has 0 aliphatic heterocycles. The summed E-state index contributed by atoms with van der Waals surface area (Å²) in [5.41, 5.74) is 10.4. The summed E-state index contributed by atoms with van der Waals surface area (Å²) < 4.78 is 0. The zero-order valence-electron chi connectivity index (χ0n) is 11.1. The Hall–Kier alpha value is -2.22. The highest BCUT2D eigenvalue weighted by atomic mass is 14.7. The number of H-pyrrole nitrogens is 1. The van der Waals surface area contributed by atoms with E-state index in [0.29, 0.717) is 0 Å². The van der Waals surface area contributed by atoms with Crippen molar-refractivity contribution in [1.29, 1.82) is 0 Å². The lowest BCUT2D eigenvalue weighted by Gasteiger charge is -2.31. The van der Waals surface area contributed by atoms with E-state index in [9.17, 15) is 0 Å². The predicted molar refractivity (Wildman–Crippen MR) is 79.9 cm³/mol. The molecule has 1 atom stereocenters. The third-order valence-electron chi connectivity index (χ3n) is 4.01. The maximum absolute atomic E-state index is 5.96. The molecule has 0 fully saturated rings. The topological polar surface area (TPSA) is 41.8 Å². The first kappa shape index (κ1) is 11.8. The fraction of sp³-hybridized carbons (Fsp3) is 0.176. The highest BCUT2D eigenvalue weighted by Crippen LogP contribution is 2.41. The molecule has 1 aliphatic rings. The van der Waals surface area contributed by atoms with Gasteiger partial charge >= 0.3 is 0 Å². The third-order valence-corrected chi connectivity index (χ3v) is 4.01. The number of aromatic nitrogens is 1. The van der Waals surface area contributed by atoms with Crippen molar-refractivity contribution in [3.63, 3.8) is 0 Å². The van der Waals surface area contributed by atoms with E-state index in [-0.39, 0.29) is 5.41 Å². The molecule has 1 heterocycles. The van der Waals surface area contributed by atoms with Crippen molar-refractivity contribution in [1.82, 2.24) is 4.98 Å². The molecule has 2 nitrogen and oxygen atoms in total. The van der Waals surface area contributed by atoms with Crippen molar-refractivity contribution in [2.45, 2.75) is 18.8 Å². The summed E-state index contributed by atoms with van der Waals surface area (Å²) in [4.78, 5) is 3.36. The maximum atomic E-state index is 5.96. The van der Waals surface area contributed by atoms with Gasteiger partial charge in [-0.15, -0.1) is 0 Å². The van der Waals surface area contributed by atoms with E-state index in [1.807, 2.05) is 24.4 Å². The number of aromatic amines is 1. The molecule has 0 saturated heterocycles. The summed E-state index contributed by atoms with van der Waals surface area (Å²) in [6.45, 7) is 2.26. The molecule has 0 saturated carbocycles. The highest BCUT2D eigenvalue weighted by Gasteiger charge is 2.34. The van der Waals surface area contributed by atoms with Gasteiger partial charge in [0.05, 0.1) is 5.41 Å². The zero-order valence-corrected chi connectivity index (χ0v) is 11.1. The molecule has 3 rings (SSSR count). The van der Waals surface area contributed by atoms with Crippen molar-refractivity contribution in [2.24, 2.45) is 0 Å². The van der Waals surface area contributed by atoms with Crippen LogP contribution in [0.5, 0.6) is 0 Å². The Labute approximate surface area is 113 Å². The fourth-order valence-corrected chi connectivity index (χ4v) is 2.82. The van der Waals surface area contributed by atoms with Crippen molar-refractivity contribution < 1.29 is 0 Å². The molecule has 2 heteroatoms. The number of hydrogen-bond acceptors (Lipinski definition) is 1. The largest absolute Gasteiger partial charge is 0.399 e. The van der Waals surface area contributed by atoms with E-state index in [2.05, 4.69) is 48.3 Å². The third kappa shape index (κ3) is 1.89. The van der Waals surface area contributed by atoms with Crippen molar-refractivity contribution in [3.8, 4) is 0 Å². The normalized spacial score (nSPS) is 17.2. The smallest absolute Gasteiger partial charge is 0.0540 e. The van der Waals surface area contributed by atoms with Crippen LogP contribution in [0.2, 0.25) is 0 Å². The minimum Gasteiger partial charge on any atom is -0.399 e. The van der Waals surface area contributed by atoms with Crippen molar-refractivity contribution in [3.05, 3.63) is 77.7 Å². The van der Waals surface area contributed by atoms with Crippen LogP contribution in [-0.4, -0.2) is 4.98 Å². The number of nitrogen functional groups attached to an aromatic ring is 1. The van der Waals surface area contributed by atoms with E-state index < -0.39 is 0 Å². The summed E-state index contributed by atoms with van der Waals surface area (Å²) >= 11 is 0. The lowest BCUT2D eigenvalue weighted by atomic mass is 9.72. The molecular weight excluding hydrogens is 232 g/mol. The van der Waals surface area contributed by atoms with Gasteiger partial charge in [0.2, 0.25) is 0 Å². The molecule has 1 aromatic carbocycles. The van der Waals surface area contributed by atoms with Gasteiger partial charge in [-0.25, -0.2) is 0 Å². The van der Waals surface area contributed by atoms with Gasteiger partial charge in [0.15, 0.2) is 0 Å². The lowest BCUT2D eigenvalue weighted by Crippen LogP contribution is -2.26. The number of anilines is 1. The number of benzene rings is 1. The number of nitrogens with two attached hydrogens (primary N) is 1. The summed E-state index contributed by atoms with van der Waals surface area (Å²) in [7, 11) is 0. The second-order valence-corrected chi connectivity index (χ2v) is 5.16. The lowest BCUT2D eigenvalue weighted by molar-refractivity contribution is 0.643. The molecule has 0 radical (unpaired) electrons. The van der Waals surface area contributed by atoms with Crippen molar-refractivity contribution >= 4 is 5.69 Å². The van der Waals surface area contributed by atoms with E-state index in [1.165, 1.54) is 16.8 Å². The molecule has 2 aromatic rings. The minimum atomic E-state index is -0.150. The molecule has 0 unspecified atom stereocenters. The molecule has 19 heavy (non-hydrogen) atoms. The highest BCUT2D eigenvalue weighted by molar-refractivity contribution is 5.53. The second-order valence-electron chi connectivity index (χ2n) is 5.16. The number of hydrogen-bond donors (Lipinski definition) is 2. The average Bonchev–Trinajstić information content (AvgIpc) is 3.11. The van der Waals surface area contributed by atoms with E-state index >= 15 is 0 Å². The Bertz CT molecular complexity index is 635. The second kappa shape index (κ2) is 4.47. The molecule has 0 spiro atoms. The quantitative estimate of drug-likeness (QED) is 0.800. The zero-order chi connectivity index (χ0) is 13.3. The van der Waals surface area contributed by atoms with Crippen LogP contribution in [0, 0.1) is 0 Å². The van der Waals surface area contributed by atoms with Crippen LogP contribution in [0.15, 0.2) is 66.4 Å². The van der Waals surface area contributed by atoms with Crippen LogP contribution < -0.4 is 5.73 Å². The average molecular weight is 250 g/mol. The molecule has 0 amide bonds. The summed E-state index contributed by atoms with van der Waals surface area (Å²) in [6.07, 6.45) is 9.50. The number of nitrogens with one attached hydrogen (secondary N) is 1. The van der Waals surface area contributed by atoms with Gasteiger partial charge in [-0.1, -0.05) is 35.9 Å². The van der Waals surface area contributed by atoms with Crippen LogP contribution in [0.3, 0.4) is 0 Å². The molecule has 1 aromatic heterocycles. The Morgan fingerprint density at radius 2 is 2.11 bits per heavy atom. The van der Waals surface area contributed by atoms with Gasteiger partial charge in [0, 0.05) is 17.6 Å². The van der Waals surface area contributed by atoms with Gasteiger partial charge < -0.3 is 10.7 Å². The van der Waals surface area contributed by atoms with Gasteiger partial charge in [-0.3, -0.25) is 0 Å².